The minimum absolute atomic E-state index is 0.279. The Kier molecular flexibility index (Phi) is 6.28. The summed E-state index contributed by atoms with van der Waals surface area (Å²) >= 11 is 1.34. The van der Waals surface area contributed by atoms with Crippen molar-refractivity contribution in [3.05, 3.63) is 35.6 Å². The molecule has 3 rings (SSSR count). The third-order valence-electron chi connectivity index (χ3n) is 5.07. The summed E-state index contributed by atoms with van der Waals surface area (Å²) in [7, 11) is 0. The molecule has 2 heterocycles. The van der Waals surface area contributed by atoms with Gasteiger partial charge in [-0.15, -0.1) is 11.8 Å². The highest BCUT2D eigenvalue weighted by Crippen LogP contribution is 2.51. The van der Waals surface area contributed by atoms with Crippen molar-refractivity contribution in [2.75, 3.05) is 0 Å². The number of nitrogens with two attached hydrogens (primary N) is 1. The summed E-state index contributed by atoms with van der Waals surface area (Å²) in [6.45, 7) is 6.16. The van der Waals surface area contributed by atoms with Gasteiger partial charge in [0.25, 0.3) is 0 Å². The molecule has 9 nitrogen and oxygen atoms in total. The number of carbonyl (C=O) groups excluding carboxylic acids is 4. The maximum absolute atomic E-state index is 13.4. The molecular weight excluding hydrogens is 429 g/mol. The Morgan fingerprint density at radius 2 is 1.97 bits per heavy atom. The molecule has 5 atom stereocenters. The summed E-state index contributed by atoms with van der Waals surface area (Å²) in [6, 6.07) is 2.41. The van der Waals surface area contributed by atoms with Crippen molar-refractivity contribution >= 4 is 35.5 Å². The van der Waals surface area contributed by atoms with Crippen molar-refractivity contribution in [1.82, 2.24) is 10.2 Å². The fraction of sp³-hybridized carbons (Fsp3) is 0.500. The molecule has 0 aromatic heterocycles. The lowest BCUT2D eigenvalue weighted by Crippen LogP contribution is -2.71. The number of amides is 2. The van der Waals surface area contributed by atoms with Crippen molar-refractivity contribution in [3.63, 3.8) is 0 Å². The maximum Gasteiger partial charge on any atom is 0.333 e. The summed E-state index contributed by atoms with van der Waals surface area (Å²) in [6.07, 6.45) is -1.10. The number of thioether (sulfide) groups is 1. The first-order valence-electron chi connectivity index (χ1n) is 9.61. The van der Waals surface area contributed by atoms with Gasteiger partial charge < -0.3 is 25.4 Å². The number of fused-ring (bicyclic) bond motifs is 1. The smallest absolute Gasteiger partial charge is 0.333 e. The van der Waals surface area contributed by atoms with Crippen LogP contribution in [0.4, 0.5) is 4.39 Å². The Morgan fingerprint density at radius 3 is 2.58 bits per heavy atom. The molecule has 0 radical (unpaired) electrons. The van der Waals surface area contributed by atoms with E-state index >= 15 is 0 Å². The van der Waals surface area contributed by atoms with Crippen molar-refractivity contribution in [2.24, 2.45) is 5.73 Å². The van der Waals surface area contributed by atoms with Gasteiger partial charge in [0.05, 0.1) is 0 Å². The Bertz CT molecular complexity index is 926. The van der Waals surface area contributed by atoms with Gasteiger partial charge in [-0.3, -0.25) is 14.4 Å². The molecule has 3 N–H and O–H groups in total. The number of halogens is 1. The first kappa shape index (κ1) is 23.0. The van der Waals surface area contributed by atoms with Crippen LogP contribution in [0.15, 0.2) is 24.3 Å². The Balaban J connectivity index is 1.68. The molecule has 2 amide bonds. The second kappa shape index (κ2) is 8.46. The number of hydrogen-bond acceptors (Lipinski definition) is 8. The van der Waals surface area contributed by atoms with E-state index in [1.165, 1.54) is 48.7 Å². The van der Waals surface area contributed by atoms with E-state index in [1.54, 1.807) is 13.8 Å². The van der Waals surface area contributed by atoms with Gasteiger partial charge in [-0.1, -0.05) is 12.1 Å². The van der Waals surface area contributed by atoms with E-state index in [0.29, 0.717) is 0 Å². The molecule has 2 saturated heterocycles. The predicted octanol–water partition coefficient (Wildman–Crippen LogP) is 0.825. The second-order valence-corrected chi connectivity index (χ2v) is 9.66. The molecule has 31 heavy (non-hydrogen) atoms. The van der Waals surface area contributed by atoms with Crippen LogP contribution in [0.3, 0.4) is 0 Å². The van der Waals surface area contributed by atoms with Crippen LogP contribution in [0.5, 0.6) is 0 Å². The molecule has 1 aromatic carbocycles. The number of esters is 2. The van der Waals surface area contributed by atoms with Crippen LogP contribution in [-0.2, 0) is 28.7 Å². The van der Waals surface area contributed by atoms with E-state index in [4.69, 9.17) is 15.2 Å². The van der Waals surface area contributed by atoms with Gasteiger partial charge in [0.1, 0.15) is 29.3 Å². The molecule has 2 fully saturated rings. The van der Waals surface area contributed by atoms with Gasteiger partial charge in [-0.2, -0.15) is 0 Å². The fourth-order valence-corrected chi connectivity index (χ4v) is 5.33. The molecular formula is C20H24FN3O6S. The van der Waals surface area contributed by atoms with Gasteiger partial charge >= 0.3 is 11.9 Å². The van der Waals surface area contributed by atoms with Crippen LogP contribution in [0.1, 0.15) is 39.3 Å². The van der Waals surface area contributed by atoms with Crippen LogP contribution in [0, 0.1) is 5.82 Å². The van der Waals surface area contributed by atoms with E-state index in [0.717, 1.165) is 6.07 Å². The number of ether oxygens (including phenoxy) is 2. The largest absolute Gasteiger partial charge is 0.426 e. The lowest BCUT2D eigenvalue weighted by molar-refractivity contribution is -0.190. The van der Waals surface area contributed by atoms with Crippen molar-refractivity contribution in [2.45, 2.75) is 62.2 Å². The van der Waals surface area contributed by atoms with Crippen LogP contribution in [-0.4, -0.2) is 57.1 Å². The van der Waals surface area contributed by atoms with Crippen molar-refractivity contribution in [3.8, 4) is 0 Å². The molecule has 2 unspecified atom stereocenters. The molecule has 168 valence electrons. The molecule has 0 spiro atoms. The zero-order valence-corrected chi connectivity index (χ0v) is 18.3. The molecule has 0 bridgehead atoms. The van der Waals surface area contributed by atoms with Crippen molar-refractivity contribution in [1.29, 1.82) is 0 Å². The maximum atomic E-state index is 13.4. The molecule has 2 aliphatic heterocycles. The zero-order chi connectivity index (χ0) is 23.1. The van der Waals surface area contributed by atoms with Gasteiger partial charge in [-0.05, 0) is 31.5 Å². The summed E-state index contributed by atoms with van der Waals surface area (Å²) in [5.41, 5.74) is 6.19. The number of β-lactam (4-membered cyclic amide) rings is 1. The Labute approximate surface area is 182 Å². The van der Waals surface area contributed by atoms with Gasteiger partial charge in [0, 0.05) is 18.6 Å². The Hall–Kier alpha value is -2.66. The highest BCUT2D eigenvalue weighted by Gasteiger charge is 2.64. The number of rotatable bonds is 6. The predicted molar refractivity (Wildman–Crippen MR) is 109 cm³/mol. The second-order valence-electron chi connectivity index (χ2n) is 7.89. The lowest BCUT2D eigenvalue weighted by Gasteiger charge is -2.44. The SMILES string of the molecule is CC(=O)OC(C)OC(=O)[C@@H]1N2C(=O)[C@@H](NC(=O)C(N)c3cccc(F)c3)[C@H]2SC1(C)C. The lowest BCUT2D eigenvalue weighted by atomic mass is 9.95. The zero-order valence-electron chi connectivity index (χ0n) is 17.5. The topological polar surface area (TPSA) is 128 Å². The molecule has 0 aliphatic carbocycles. The number of carbonyl (C=O) groups is 4. The summed E-state index contributed by atoms with van der Waals surface area (Å²) in [5.74, 6) is -2.91. The Morgan fingerprint density at radius 1 is 1.29 bits per heavy atom. The molecule has 1 aromatic rings. The van der Waals surface area contributed by atoms with E-state index in [2.05, 4.69) is 5.32 Å². The minimum Gasteiger partial charge on any atom is -0.426 e. The van der Waals surface area contributed by atoms with Crippen LogP contribution in [0.2, 0.25) is 0 Å². The summed E-state index contributed by atoms with van der Waals surface area (Å²) in [5, 5.41) is 2.11. The monoisotopic (exact) mass is 453 g/mol. The normalized spacial score (nSPS) is 25.7. The third-order valence-corrected chi connectivity index (χ3v) is 6.64. The van der Waals surface area contributed by atoms with E-state index < -0.39 is 64.1 Å². The van der Waals surface area contributed by atoms with Gasteiger partial charge in [0.15, 0.2) is 0 Å². The number of benzene rings is 1. The van der Waals surface area contributed by atoms with Gasteiger partial charge in [-0.25, -0.2) is 9.18 Å². The summed E-state index contributed by atoms with van der Waals surface area (Å²) in [4.78, 5) is 50.4. The molecule has 11 heteroatoms. The van der Waals surface area contributed by atoms with Crippen LogP contribution >= 0.6 is 11.8 Å². The highest BCUT2D eigenvalue weighted by molar-refractivity contribution is 8.01. The third kappa shape index (κ3) is 4.52. The van der Waals surface area contributed by atoms with E-state index in [9.17, 15) is 23.6 Å². The fourth-order valence-electron chi connectivity index (χ4n) is 3.71. The van der Waals surface area contributed by atoms with Crippen LogP contribution in [0.25, 0.3) is 0 Å². The van der Waals surface area contributed by atoms with Gasteiger partial charge in [0.2, 0.25) is 18.1 Å². The molecule has 2 aliphatic rings. The quantitative estimate of drug-likeness (QED) is 0.368. The van der Waals surface area contributed by atoms with E-state index in [-0.39, 0.29) is 5.56 Å². The number of nitrogens with one attached hydrogen (secondary N) is 1. The minimum atomic E-state index is -1.15. The van der Waals surface area contributed by atoms with E-state index in [1.807, 2.05) is 0 Å². The average molecular weight is 453 g/mol. The molecule has 0 saturated carbocycles. The van der Waals surface area contributed by atoms with Crippen molar-refractivity contribution < 1.29 is 33.0 Å². The number of hydrogen-bond donors (Lipinski definition) is 2. The standard InChI is InChI=1S/C20H24FN3O6S/c1-9(25)29-10(2)30-19(28)15-20(3,4)31-18-14(17(27)24(15)18)23-16(26)13(22)11-6-5-7-12(21)8-11/h5-8,10,13-15,18H,22H2,1-4H3,(H,23,26)/t10?,13?,14-,15+,18-/m1/s1. The summed E-state index contributed by atoms with van der Waals surface area (Å²) < 4.78 is 22.7. The first-order chi connectivity index (χ1) is 14.4. The number of nitrogens with zero attached hydrogens (tertiary/aromatic N) is 1. The van der Waals surface area contributed by atoms with Crippen LogP contribution < -0.4 is 11.1 Å². The average Bonchev–Trinajstić information content (AvgIpc) is 2.92. The first-order valence-corrected chi connectivity index (χ1v) is 10.5. The highest BCUT2D eigenvalue weighted by atomic mass is 32.2.